The van der Waals surface area contributed by atoms with Crippen LogP contribution in [-0.4, -0.2) is 28.1 Å². The molecular weight excluding hydrogens is 340 g/mol. The molecule has 0 amide bonds. The van der Waals surface area contributed by atoms with Gasteiger partial charge in [0.1, 0.15) is 0 Å². The Morgan fingerprint density at radius 3 is 2.62 bits per heavy atom. The van der Waals surface area contributed by atoms with Gasteiger partial charge in [0.05, 0.1) is 10.2 Å². The third-order valence-electron chi connectivity index (χ3n) is 6.54. The summed E-state index contributed by atoms with van der Waals surface area (Å²) in [6.45, 7) is 6.62. The quantitative estimate of drug-likeness (QED) is 0.673. The maximum Gasteiger partial charge on any atom is 0.308 e. The first-order valence-electron chi connectivity index (χ1n) is 10.5. The van der Waals surface area contributed by atoms with Crippen LogP contribution in [0, 0.1) is 11.8 Å². The molecule has 0 aliphatic carbocycles. The van der Waals surface area contributed by atoms with E-state index in [1.54, 1.807) is 0 Å². The van der Waals surface area contributed by atoms with Crippen LogP contribution in [0.15, 0.2) is 29.1 Å². The first-order chi connectivity index (χ1) is 12.7. The zero-order valence-electron chi connectivity index (χ0n) is 16.2. The molecule has 2 bridgehead atoms. The van der Waals surface area contributed by atoms with Crippen molar-refractivity contribution in [3.63, 3.8) is 0 Å². The van der Waals surface area contributed by atoms with Crippen LogP contribution < -0.4 is 4.87 Å². The highest BCUT2D eigenvalue weighted by molar-refractivity contribution is 7.16. The molecule has 3 nitrogen and oxygen atoms in total. The zero-order valence-corrected chi connectivity index (χ0v) is 17.0. The molecule has 142 valence electrons. The number of fused-ring (bicyclic) bond motifs is 3. The number of para-hydroxylation sites is 1. The second-order valence-electron chi connectivity index (χ2n) is 8.61. The van der Waals surface area contributed by atoms with Crippen molar-refractivity contribution in [1.29, 1.82) is 0 Å². The smallest absolute Gasteiger partial charge is 0.298 e. The Balaban J connectivity index is 1.40. The summed E-state index contributed by atoms with van der Waals surface area (Å²) in [7, 11) is 0. The van der Waals surface area contributed by atoms with Crippen molar-refractivity contribution in [1.82, 2.24) is 9.47 Å². The lowest BCUT2D eigenvalue weighted by atomic mass is 9.86. The summed E-state index contributed by atoms with van der Waals surface area (Å²) in [6, 6.07) is 9.80. The molecule has 3 heterocycles. The summed E-state index contributed by atoms with van der Waals surface area (Å²) in [6.07, 6.45) is 9.76. The van der Waals surface area contributed by atoms with E-state index in [0.717, 1.165) is 41.3 Å². The van der Waals surface area contributed by atoms with E-state index in [4.69, 9.17) is 0 Å². The summed E-state index contributed by atoms with van der Waals surface area (Å²) >= 11 is 1.38. The normalized spacial score (nSPS) is 27.2. The maximum absolute atomic E-state index is 12.4. The van der Waals surface area contributed by atoms with Crippen molar-refractivity contribution in [2.45, 2.75) is 77.4 Å². The number of aromatic nitrogens is 1. The monoisotopic (exact) mass is 372 g/mol. The largest absolute Gasteiger partial charge is 0.308 e. The zero-order chi connectivity index (χ0) is 18.1. The lowest BCUT2D eigenvalue weighted by Crippen LogP contribution is -2.45. The second-order valence-corrected chi connectivity index (χ2v) is 9.61. The fraction of sp³-hybridized carbons (Fsp3) is 0.682. The SMILES string of the molecule is CCCCC1C[C@H]2CC[C@@H](C1)N2CC(C)Cn1c(=O)sc2ccccc21. The van der Waals surface area contributed by atoms with Crippen molar-refractivity contribution in [2.24, 2.45) is 11.8 Å². The highest BCUT2D eigenvalue weighted by atomic mass is 32.1. The van der Waals surface area contributed by atoms with E-state index in [0.29, 0.717) is 5.92 Å². The van der Waals surface area contributed by atoms with Gasteiger partial charge >= 0.3 is 4.87 Å². The number of nitrogens with zero attached hydrogens (tertiary/aromatic N) is 2. The van der Waals surface area contributed by atoms with Gasteiger partial charge in [-0.3, -0.25) is 14.3 Å². The second kappa shape index (κ2) is 7.85. The van der Waals surface area contributed by atoms with Gasteiger partial charge in [-0.1, -0.05) is 56.6 Å². The van der Waals surface area contributed by atoms with Crippen molar-refractivity contribution in [2.75, 3.05) is 6.54 Å². The van der Waals surface area contributed by atoms with Gasteiger partial charge in [-0.2, -0.15) is 0 Å². The molecule has 2 saturated heterocycles. The predicted octanol–water partition coefficient (Wildman–Crippen LogP) is 5.13. The van der Waals surface area contributed by atoms with Gasteiger partial charge in [0, 0.05) is 25.2 Å². The van der Waals surface area contributed by atoms with E-state index in [-0.39, 0.29) is 4.87 Å². The maximum atomic E-state index is 12.4. The minimum absolute atomic E-state index is 0.194. The lowest BCUT2D eigenvalue weighted by Gasteiger charge is -2.40. The van der Waals surface area contributed by atoms with Gasteiger partial charge in [0.25, 0.3) is 0 Å². The van der Waals surface area contributed by atoms with Gasteiger partial charge < -0.3 is 0 Å². The standard InChI is InChI=1S/C22H32N2OS/c1-3-4-7-17-12-18-10-11-19(13-17)23(18)14-16(2)15-24-20-8-5-6-9-21(20)26-22(24)25/h5-6,8-9,16-19H,3-4,7,10-15H2,1-2H3/t16?,17?,18-,19+. The molecule has 26 heavy (non-hydrogen) atoms. The van der Waals surface area contributed by atoms with Crippen molar-refractivity contribution >= 4 is 21.6 Å². The Kier molecular flexibility index (Phi) is 5.51. The number of rotatable bonds is 7. The van der Waals surface area contributed by atoms with E-state index >= 15 is 0 Å². The van der Waals surface area contributed by atoms with E-state index in [1.807, 2.05) is 16.7 Å². The van der Waals surface area contributed by atoms with Crippen LogP contribution in [0.5, 0.6) is 0 Å². The van der Waals surface area contributed by atoms with Crippen LogP contribution in [0.2, 0.25) is 0 Å². The molecular formula is C22H32N2OS. The Morgan fingerprint density at radius 1 is 1.15 bits per heavy atom. The molecule has 0 N–H and O–H groups in total. The average Bonchev–Trinajstić information content (AvgIpc) is 3.05. The van der Waals surface area contributed by atoms with E-state index in [2.05, 4.69) is 30.9 Å². The van der Waals surface area contributed by atoms with Crippen molar-refractivity contribution in [3.05, 3.63) is 33.9 Å². The molecule has 1 aromatic carbocycles. The van der Waals surface area contributed by atoms with Crippen LogP contribution in [0.4, 0.5) is 0 Å². The van der Waals surface area contributed by atoms with Crippen LogP contribution in [0.1, 0.15) is 58.8 Å². The molecule has 2 aromatic rings. The highest BCUT2D eigenvalue weighted by Crippen LogP contribution is 2.40. The van der Waals surface area contributed by atoms with Crippen LogP contribution in [0.3, 0.4) is 0 Å². The highest BCUT2D eigenvalue weighted by Gasteiger charge is 2.40. The molecule has 2 fully saturated rings. The summed E-state index contributed by atoms with van der Waals surface area (Å²) in [4.78, 5) is 15.4. The molecule has 1 aromatic heterocycles. The Morgan fingerprint density at radius 2 is 1.88 bits per heavy atom. The lowest BCUT2D eigenvalue weighted by molar-refractivity contribution is 0.0820. The molecule has 0 radical (unpaired) electrons. The van der Waals surface area contributed by atoms with E-state index in [9.17, 15) is 4.79 Å². The van der Waals surface area contributed by atoms with Crippen molar-refractivity contribution < 1.29 is 0 Å². The summed E-state index contributed by atoms with van der Waals surface area (Å²) in [5, 5.41) is 0. The Labute approximate surface area is 161 Å². The predicted molar refractivity (Wildman–Crippen MR) is 111 cm³/mol. The number of hydrogen-bond acceptors (Lipinski definition) is 3. The van der Waals surface area contributed by atoms with Gasteiger partial charge in [-0.15, -0.1) is 0 Å². The molecule has 2 aliphatic heterocycles. The molecule has 2 aliphatic rings. The number of benzene rings is 1. The van der Waals surface area contributed by atoms with Gasteiger partial charge in [-0.25, -0.2) is 0 Å². The molecule has 4 atom stereocenters. The minimum atomic E-state index is 0.194. The summed E-state index contributed by atoms with van der Waals surface area (Å²) in [5.41, 5.74) is 1.11. The topological polar surface area (TPSA) is 25.2 Å². The number of unbranched alkanes of at least 4 members (excludes halogenated alkanes) is 1. The first-order valence-corrected chi connectivity index (χ1v) is 11.3. The first kappa shape index (κ1) is 18.2. The van der Waals surface area contributed by atoms with Gasteiger partial charge in [0.2, 0.25) is 0 Å². The third kappa shape index (κ3) is 3.63. The number of hydrogen-bond donors (Lipinski definition) is 0. The van der Waals surface area contributed by atoms with E-state index < -0.39 is 0 Å². The Hall–Kier alpha value is -1.13. The van der Waals surface area contributed by atoms with E-state index in [1.165, 1.54) is 56.3 Å². The fourth-order valence-electron chi connectivity index (χ4n) is 5.33. The molecule has 4 rings (SSSR count). The van der Waals surface area contributed by atoms with Gasteiger partial charge in [-0.05, 0) is 49.7 Å². The molecule has 0 spiro atoms. The van der Waals surface area contributed by atoms with Crippen LogP contribution in [0.25, 0.3) is 10.2 Å². The molecule has 4 heteroatoms. The van der Waals surface area contributed by atoms with Gasteiger partial charge in [0.15, 0.2) is 0 Å². The number of thiazole rings is 1. The molecule has 0 saturated carbocycles. The van der Waals surface area contributed by atoms with Crippen LogP contribution >= 0.6 is 11.3 Å². The average molecular weight is 373 g/mol. The molecule has 2 unspecified atom stereocenters. The summed E-state index contributed by atoms with van der Waals surface area (Å²) < 4.78 is 3.11. The van der Waals surface area contributed by atoms with Crippen molar-refractivity contribution in [3.8, 4) is 0 Å². The number of piperidine rings is 1. The minimum Gasteiger partial charge on any atom is -0.298 e. The van der Waals surface area contributed by atoms with Crippen LogP contribution in [-0.2, 0) is 6.54 Å². The Bertz CT molecular complexity index is 781. The summed E-state index contributed by atoms with van der Waals surface area (Å²) in [5.74, 6) is 1.48. The fourth-order valence-corrected chi connectivity index (χ4v) is 6.23. The third-order valence-corrected chi connectivity index (χ3v) is 7.50.